The monoisotopic (exact) mass is 336 g/mol. The minimum Gasteiger partial charge on any atom is -0.353 e. The second kappa shape index (κ2) is 7.17. The Morgan fingerprint density at radius 2 is 1.80 bits per heavy atom. The number of likely N-dealkylation sites (N-methyl/N-ethyl adjacent to an activating group) is 1. The maximum Gasteiger partial charge on any atom is 0.177 e. The molecule has 0 fully saturated rings. The van der Waals surface area contributed by atoms with Crippen LogP contribution >= 0.6 is 0 Å². The molecule has 130 valence electrons. The Morgan fingerprint density at radius 3 is 2.44 bits per heavy atom. The van der Waals surface area contributed by atoms with E-state index in [0.717, 1.165) is 22.5 Å². The first kappa shape index (κ1) is 17.3. The van der Waals surface area contributed by atoms with E-state index in [1.54, 1.807) is 6.92 Å². The molecule has 3 atom stereocenters. The lowest BCUT2D eigenvalue weighted by molar-refractivity contribution is -0.121. The molecule has 25 heavy (non-hydrogen) atoms. The normalized spacial score (nSPS) is 21.1. The van der Waals surface area contributed by atoms with Gasteiger partial charge in [0.1, 0.15) is 12.2 Å². The summed E-state index contributed by atoms with van der Waals surface area (Å²) in [7, 11) is 0. The number of carbonyl (C=O) groups excluding carboxylic acids is 1. The second-order valence-electron chi connectivity index (χ2n) is 6.27. The molecule has 5 nitrogen and oxygen atoms in total. The number of carbonyl (C=O) groups is 1. The van der Waals surface area contributed by atoms with Gasteiger partial charge in [-0.25, -0.2) is 0 Å². The van der Waals surface area contributed by atoms with Crippen molar-refractivity contribution in [2.24, 2.45) is 16.5 Å². The number of rotatable bonds is 4. The lowest BCUT2D eigenvalue weighted by Crippen LogP contribution is -2.54. The summed E-state index contributed by atoms with van der Waals surface area (Å²) in [5.74, 6) is -0.146. The number of nitrogens with zero attached hydrogens (tertiary/aromatic N) is 2. The Labute approximate surface area is 148 Å². The van der Waals surface area contributed by atoms with Crippen molar-refractivity contribution >= 4 is 17.2 Å². The van der Waals surface area contributed by atoms with Crippen LogP contribution in [0.25, 0.3) is 0 Å². The third-order valence-electron chi connectivity index (χ3n) is 4.55. The number of hydrogen-bond acceptors (Lipinski definition) is 5. The molecule has 0 aromatic heterocycles. The van der Waals surface area contributed by atoms with Crippen LogP contribution < -0.4 is 16.4 Å². The number of para-hydroxylation sites is 1. The number of benzene rings is 2. The predicted molar refractivity (Wildman–Crippen MR) is 102 cm³/mol. The number of ketones is 1. The average molecular weight is 336 g/mol. The van der Waals surface area contributed by atoms with Gasteiger partial charge in [-0.15, -0.1) is 0 Å². The molecule has 2 aromatic rings. The van der Waals surface area contributed by atoms with Gasteiger partial charge in [0, 0.05) is 23.4 Å². The van der Waals surface area contributed by atoms with Crippen LogP contribution in [-0.2, 0) is 4.79 Å². The zero-order valence-electron chi connectivity index (χ0n) is 14.6. The van der Waals surface area contributed by atoms with E-state index in [0.29, 0.717) is 6.54 Å². The summed E-state index contributed by atoms with van der Waals surface area (Å²) < 4.78 is 0. The standard InChI is InChI=1S/C20H24N4O/c1-3-24-16-12-8-7-11-15(16)17(14-9-5-4-6-10-14)23-18(20(24)22)19(25)13(2)21/h4-13,18,20H,3,21-22H2,1-2H3. The van der Waals surface area contributed by atoms with E-state index < -0.39 is 18.2 Å². The molecule has 0 spiro atoms. The Hall–Kier alpha value is -2.50. The van der Waals surface area contributed by atoms with Gasteiger partial charge >= 0.3 is 0 Å². The van der Waals surface area contributed by atoms with E-state index >= 15 is 0 Å². The average Bonchev–Trinajstić information content (AvgIpc) is 2.76. The van der Waals surface area contributed by atoms with Gasteiger partial charge in [0.05, 0.1) is 11.8 Å². The van der Waals surface area contributed by atoms with Crippen LogP contribution in [-0.4, -0.2) is 36.3 Å². The summed E-state index contributed by atoms with van der Waals surface area (Å²) in [4.78, 5) is 19.5. The molecular formula is C20H24N4O. The molecular weight excluding hydrogens is 312 g/mol. The zero-order chi connectivity index (χ0) is 18.0. The third kappa shape index (κ3) is 3.21. The number of benzodiazepines with no additional fused rings is 1. The van der Waals surface area contributed by atoms with Crippen LogP contribution in [0.1, 0.15) is 25.0 Å². The fourth-order valence-corrected chi connectivity index (χ4v) is 3.25. The van der Waals surface area contributed by atoms with Gasteiger partial charge in [-0.05, 0) is 19.9 Å². The summed E-state index contributed by atoms with van der Waals surface area (Å²) in [5.41, 5.74) is 16.0. The highest BCUT2D eigenvalue weighted by molar-refractivity contribution is 6.17. The summed E-state index contributed by atoms with van der Waals surface area (Å²) in [6.45, 7) is 4.39. The number of hydrogen-bond donors (Lipinski definition) is 2. The molecule has 0 bridgehead atoms. The maximum absolute atomic E-state index is 12.7. The summed E-state index contributed by atoms with van der Waals surface area (Å²) >= 11 is 0. The van der Waals surface area contributed by atoms with Crippen molar-refractivity contribution in [3.05, 3.63) is 65.7 Å². The number of fused-ring (bicyclic) bond motifs is 1. The van der Waals surface area contributed by atoms with Gasteiger partial charge in [-0.2, -0.15) is 0 Å². The van der Waals surface area contributed by atoms with E-state index in [1.165, 1.54) is 0 Å². The molecule has 0 aliphatic carbocycles. The van der Waals surface area contributed by atoms with E-state index in [9.17, 15) is 4.79 Å². The van der Waals surface area contributed by atoms with Crippen LogP contribution in [0.4, 0.5) is 5.69 Å². The molecule has 0 amide bonds. The van der Waals surface area contributed by atoms with Crippen molar-refractivity contribution in [1.82, 2.24) is 0 Å². The summed E-state index contributed by atoms with van der Waals surface area (Å²) in [6.07, 6.45) is -0.550. The highest BCUT2D eigenvalue weighted by Crippen LogP contribution is 2.29. The van der Waals surface area contributed by atoms with Crippen molar-refractivity contribution in [3.63, 3.8) is 0 Å². The van der Waals surface area contributed by atoms with Gasteiger partial charge in [0.25, 0.3) is 0 Å². The maximum atomic E-state index is 12.7. The molecule has 2 aromatic carbocycles. The number of anilines is 1. The van der Waals surface area contributed by atoms with E-state index in [2.05, 4.69) is 0 Å². The highest BCUT2D eigenvalue weighted by Gasteiger charge is 2.35. The van der Waals surface area contributed by atoms with Gasteiger partial charge in [-0.3, -0.25) is 9.79 Å². The SMILES string of the molecule is CCN1c2ccccc2C(c2ccccc2)=NC(C(=O)C(C)N)C1N. The molecule has 1 heterocycles. The van der Waals surface area contributed by atoms with E-state index in [1.807, 2.05) is 66.4 Å². The molecule has 4 N–H and O–H groups in total. The zero-order valence-corrected chi connectivity index (χ0v) is 14.6. The quantitative estimate of drug-likeness (QED) is 0.893. The Morgan fingerprint density at radius 1 is 1.16 bits per heavy atom. The molecule has 3 unspecified atom stereocenters. The van der Waals surface area contributed by atoms with Crippen molar-refractivity contribution < 1.29 is 4.79 Å². The predicted octanol–water partition coefficient (Wildman–Crippen LogP) is 1.93. The van der Waals surface area contributed by atoms with Crippen LogP contribution in [0.2, 0.25) is 0 Å². The lowest BCUT2D eigenvalue weighted by Gasteiger charge is -2.32. The number of nitrogens with two attached hydrogens (primary N) is 2. The first-order valence-electron chi connectivity index (χ1n) is 8.58. The number of aliphatic imine (C=N–C) groups is 1. The minimum absolute atomic E-state index is 0.146. The van der Waals surface area contributed by atoms with E-state index in [4.69, 9.17) is 16.5 Å². The Kier molecular flexibility index (Phi) is 4.97. The molecule has 5 heteroatoms. The Bertz CT molecular complexity index is 785. The highest BCUT2D eigenvalue weighted by atomic mass is 16.1. The molecule has 3 rings (SSSR count). The molecule has 0 saturated carbocycles. The molecule has 0 radical (unpaired) electrons. The fourth-order valence-electron chi connectivity index (χ4n) is 3.25. The third-order valence-corrected chi connectivity index (χ3v) is 4.55. The topological polar surface area (TPSA) is 84.7 Å². The Balaban J connectivity index is 2.24. The summed E-state index contributed by atoms with van der Waals surface area (Å²) in [5, 5.41) is 0. The first-order valence-corrected chi connectivity index (χ1v) is 8.58. The van der Waals surface area contributed by atoms with Crippen molar-refractivity contribution in [3.8, 4) is 0 Å². The van der Waals surface area contributed by atoms with Crippen molar-refractivity contribution in [2.45, 2.75) is 32.1 Å². The smallest absolute Gasteiger partial charge is 0.177 e. The van der Waals surface area contributed by atoms with Crippen LogP contribution in [0.5, 0.6) is 0 Å². The van der Waals surface area contributed by atoms with Crippen molar-refractivity contribution in [2.75, 3.05) is 11.4 Å². The summed E-state index contributed by atoms with van der Waals surface area (Å²) in [6, 6.07) is 16.6. The number of Topliss-reactive ketones (excluding diaryl/α,β-unsaturated/α-hetero) is 1. The van der Waals surface area contributed by atoms with Crippen molar-refractivity contribution in [1.29, 1.82) is 0 Å². The molecule has 0 saturated heterocycles. The molecule has 1 aliphatic heterocycles. The second-order valence-corrected chi connectivity index (χ2v) is 6.27. The molecule has 1 aliphatic rings. The van der Waals surface area contributed by atoms with Gasteiger partial charge < -0.3 is 16.4 Å². The van der Waals surface area contributed by atoms with Gasteiger partial charge in [0.15, 0.2) is 5.78 Å². The van der Waals surface area contributed by atoms with E-state index in [-0.39, 0.29) is 5.78 Å². The van der Waals surface area contributed by atoms with Crippen LogP contribution in [0.15, 0.2) is 59.6 Å². The van der Waals surface area contributed by atoms with Gasteiger partial charge in [-0.1, -0.05) is 48.5 Å². The van der Waals surface area contributed by atoms with Crippen LogP contribution in [0, 0.1) is 0 Å². The lowest BCUT2D eigenvalue weighted by atomic mass is 10.00. The fraction of sp³-hybridized carbons (Fsp3) is 0.300. The minimum atomic E-state index is -0.706. The largest absolute Gasteiger partial charge is 0.353 e. The van der Waals surface area contributed by atoms with Crippen LogP contribution in [0.3, 0.4) is 0 Å². The first-order chi connectivity index (χ1) is 12.0. The van der Waals surface area contributed by atoms with Gasteiger partial charge in [0.2, 0.25) is 0 Å².